The molecule has 0 saturated carbocycles. The second-order valence-corrected chi connectivity index (χ2v) is 3.75. The van der Waals surface area contributed by atoms with E-state index in [0.717, 1.165) is 19.3 Å². The summed E-state index contributed by atoms with van der Waals surface area (Å²) in [5, 5.41) is 0. The van der Waals surface area contributed by atoms with Crippen molar-refractivity contribution in [2.45, 2.75) is 37.1 Å². The monoisotopic (exact) mass is 224 g/mol. The van der Waals surface area contributed by atoms with Gasteiger partial charge < -0.3 is 4.74 Å². The van der Waals surface area contributed by atoms with Crippen LogP contribution in [0.4, 0.5) is 0 Å². The smallest absolute Gasteiger partial charge is 0.340 e. The molecule has 76 valence electrons. The molecule has 0 fully saturated rings. The van der Waals surface area contributed by atoms with Crippen LogP contribution in [0.3, 0.4) is 0 Å². The Labute approximate surface area is 88.9 Å². The number of unbranched alkanes of at least 4 members (excludes halogenated alkanes) is 1. The minimum atomic E-state index is -1.11. The topological polar surface area (TPSA) is 26.3 Å². The van der Waals surface area contributed by atoms with Gasteiger partial charge in [0.15, 0.2) is 0 Å². The molecule has 0 unspecified atom stereocenters. The van der Waals surface area contributed by atoms with Gasteiger partial charge in [-0.2, -0.15) is 0 Å². The molecule has 0 radical (unpaired) electrons. The third-order valence-electron chi connectivity index (χ3n) is 1.55. The molecule has 0 rings (SSSR count). The summed E-state index contributed by atoms with van der Waals surface area (Å²) >= 11 is 10.6. The van der Waals surface area contributed by atoms with Gasteiger partial charge in [0.2, 0.25) is 4.84 Å². The molecule has 0 saturated heterocycles. The predicted molar refractivity (Wildman–Crippen MR) is 55.1 cm³/mol. The van der Waals surface area contributed by atoms with Crippen LogP contribution in [0.5, 0.6) is 0 Å². The average Bonchev–Trinajstić information content (AvgIpc) is 2.11. The first-order valence-corrected chi connectivity index (χ1v) is 5.10. The second kappa shape index (κ2) is 7.22. The molecule has 1 atom stereocenters. The van der Waals surface area contributed by atoms with Crippen LogP contribution in [-0.4, -0.2) is 16.9 Å². The predicted octanol–water partition coefficient (Wildman–Crippen LogP) is 3.08. The molecule has 2 nitrogen and oxygen atoms in total. The van der Waals surface area contributed by atoms with Gasteiger partial charge in [0.05, 0.1) is 0 Å². The first-order chi connectivity index (χ1) is 6.11. The van der Waals surface area contributed by atoms with E-state index in [2.05, 4.69) is 13.5 Å². The van der Waals surface area contributed by atoms with Gasteiger partial charge in [-0.1, -0.05) is 49.2 Å². The number of rotatable bonds is 6. The number of ether oxygens (including phenoxy) is 1. The van der Waals surface area contributed by atoms with Crippen LogP contribution in [0.1, 0.15) is 26.2 Å². The molecular formula is C9H14Cl2O2. The quantitative estimate of drug-likeness (QED) is 0.394. The highest BCUT2D eigenvalue weighted by Gasteiger charge is 2.16. The van der Waals surface area contributed by atoms with Gasteiger partial charge in [-0.3, -0.25) is 0 Å². The van der Waals surface area contributed by atoms with Crippen LogP contribution >= 0.6 is 23.2 Å². The van der Waals surface area contributed by atoms with E-state index < -0.39 is 10.8 Å². The van der Waals surface area contributed by atoms with Gasteiger partial charge in [0.25, 0.3) is 0 Å². The fourth-order valence-electron chi connectivity index (χ4n) is 0.831. The molecule has 0 spiro atoms. The number of carbonyl (C=O) groups excluding carboxylic acids is 1. The molecule has 0 aromatic heterocycles. The molecule has 0 aliphatic rings. The number of alkyl halides is 2. The van der Waals surface area contributed by atoms with Crippen LogP contribution in [0.2, 0.25) is 0 Å². The Morgan fingerprint density at radius 3 is 2.62 bits per heavy atom. The third-order valence-corrected chi connectivity index (χ3v) is 1.91. The lowest BCUT2D eigenvalue weighted by Gasteiger charge is -2.13. The van der Waals surface area contributed by atoms with Crippen molar-refractivity contribution in [2.75, 3.05) is 0 Å². The Balaban J connectivity index is 3.83. The first-order valence-electron chi connectivity index (χ1n) is 4.23. The SMILES string of the molecule is C=C[C@@H](CCCC)OC(=O)C(Cl)Cl. The normalized spacial score (nSPS) is 12.6. The molecule has 0 aromatic carbocycles. The second-order valence-electron chi connectivity index (χ2n) is 2.65. The summed E-state index contributed by atoms with van der Waals surface area (Å²) in [4.78, 5) is 9.83. The van der Waals surface area contributed by atoms with E-state index in [4.69, 9.17) is 27.9 Å². The Hall–Kier alpha value is -0.210. The van der Waals surface area contributed by atoms with Crippen LogP contribution in [-0.2, 0) is 9.53 Å². The summed E-state index contributed by atoms with van der Waals surface area (Å²) in [6.45, 7) is 5.63. The van der Waals surface area contributed by atoms with E-state index >= 15 is 0 Å². The largest absolute Gasteiger partial charge is 0.456 e. The summed E-state index contributed by atoms with van der Waals surface area (Å²) in [6, 6.07) is 0. The van der Waals surface area contributed by atoms with Crippen molar-refractivity contribution >= 4 is 29.2 Å². The standard InChI is InChI=1S/C9H14Cl2O2/c1-3-5-6-7(4-2)13-9(12)8(10)11/h4,7-8H,2-3,5-6H2,1H3/t7-/m0/s1. The lowest BCUT2D eigenvalue weighted by atomic mass is 10.1. The Morgan fingerprint density at radius 2 is 2.23 bits per heavy atom. The zero-order valence-electron chi connectivity index (χ0n) is 7.63. The van der Waals surface area contributed by atoms with Crippen molar-refractivity contribution in [1.82, 2.24) is 0 Å². The van der Waals surface area contributed by atoms with Crippen LogP contribution in [0.15, 0.2) is 12.7 Å². The summed E-state index contributed by atoms with van der Waals surface area (Å²) in [5.74, 6) is -0.607. The van der Waals surface area contributed by atoms with E-state index in [-0.39, 0.29) is 6.10 Å². The van der Waals surface area contributed by atoms with Crippen molar-refractivity contribution in [3.63, 3.8) is 0 Å². The Morgan fingerprint density at radius 1 is 1.62 bits per heavy atom. The number of hydrogen-bond donors (Lipinski definition) is 0. The van der Waals surface area contributed by atoms with Crippen molar-refractivity contribution in [3.05, 3.63) is 12.7 Å². The first kappa shape index (κ1) is 12.8. The van der Waals surface area contributed by atoms with Crippen LogP contribution in [0.25, 0.3) is 0 Å². The van der Waals surface area contributed by atoms with Gasteiger partial charge in [-0.15, -0.1) is 0 Å². The maximum absolute atomic E-state index is 10.9. The van der Waals surface area contributed by atoms with Gasteiger partial charge in [0, 0.05) is 0 Å². The van der Waals surface area contributed by atoms with E-state index in [1.165, 1.54) is 0 Å². The highest BCUT2D eigenvalue weighted by atomic mass is 35.5. The number of carbonyl (C=O) groups is 1. The third kappa shape index (κ3) is 5.94. The zero-order chi connectivity index (χ0) is 10.3. The van der Waals surface area contributed by atoms with Crippen LogP contribution < -0.4 is 0 Å². The number of esters is 1. The van der Waals surface area contributed by atoms with Crippen molar-refractivity contribution in [3.8, 4) is 0 Å². The molecule has 0 aliphatic carbocycles. The molecular weight excluding hydrogens is 211 g/mol. The Kier molecular flexibility index (Phi) is 7.10. The summed E-state index contributed by atoms with van der Waals surface area (Å²) in [7, 11) is 0. The van der Waals surface area contributed by atoms with Gasteiger partial charge in [-0.05, 0) is 12.8 Å². The van der Waals surface area contributed by atoms with Gasteiger partial charge >= 0.3 is 5.97 Å². The fraction of sp³-hybridized carbons (Fsp3) is 0.667. The minimum absolute atomic E-state index is 0.271. The fourth-order valence-corrected chi connectivity index (χ4v) is 0.934. The van der Waals surface area contributed by atoms with Gasteiger partial charge in [0.1, 0.15) is 6.10 Å². The number of halogens is 2. The molecule has 0 bridgehead atoms. The summed E-state index contributed by atoms with van der Waals surface area (Å²) < 4.78 is 4.94. The Bertz CT molecular complexity index is 169. The lowest BCUT2D eigenvalue weighted by Crippen LogP contribution is -2.20. The number of hydrogen-bond acceptors (Lipinski definition) is 2. The molecule has 4 heteroatoms. The zero-order valence-corrected chi connectivity index (χ0v) is 9.14. The minimum Gasteiger partial charge on any atom is -0.456 e. The molecule has 0 aromatic rings. The highest BCUT2D eigenvalue weighted by Crippen LogP contribution is 2.11. The van der Waals surface area contributed by atoms with Gasteiger partial charge in [-0.25, -0.2) is 4.79 Å². The lowest BCUT2D eigenvalue weighted by molar-refractivity contribution is -0.145. The summed E-state index contributed by atoms with van der Waals surface area (Å²) in [5.41, 5.74) is 0. The van der Waals surface area contributed by atoms with Crippen LogP contribution in [0, 0.1) is 0 Å². The maximum Gasteiger partial charge on any atom is 0.340 e. The molecule has 0 aliphatic heterocycles. The average molecular weight is 225 g/mol. The van der Waals surface area contributed by atoms with E-state index in [1.807, 2.05) is 0 Å². The highest BCUT2D eigenvalue weighted by molar-refractivity contribution is 6.52. The molecule has 13 heavy (non-hydrogen) atoms. The van der Waals surface area contributed by atoms with Crippen molar-refractivity contribution < 1.29 is 9.53 Å². The van der Waals surface area contributed by atoms with Crippen molar-refractivity contribution in [1.29, 1.82) is 0 Å². The van der Waals surface area contributed by atoms with E-state index in [1.54, 1.807) is 6.08 Å². The van der Waals surface area contributed by atoms with Crippen molar-refractivity contribution in [2.24, 2.45) is 0 Å². The van der Waals surface area contributed by atoms with E-state index in [0.29, 0.717) is 0 Å². The maximum atomic E-state index is 10.9. The molecule has 0 N–H and O–H groups in total. The van der Waals surface area contributed by atoms with E-state index in [9.17, 15) is 4.79 Å². The summed E-state index contributed by atoms with van der Waals surface area (Å²) in [6.07, 6.45) is 4.12. The molecule has 0 heterocycles. The molecule has 0 amide bonds.